The van der Waals surface area contributed by atoms with Crippen LogP contribution in [0.15, 0.2) is 122 Å². The van der Waals surface area contributed by atoms with Crippen molar-refractivity contribution in [1.29, 1.82) is 0 Å². The molecule has 0 bridgehead atoms. The fourth-order valence-corrected chi connectivity index (χ4v) is 7.93. The van der Waals surface area contributed by atoms with Crippen LogP contribution in [0.3, 0.4) is 0 Å². The van der Waals surface area contributed by atoms with E-state index >= 15 is 0 Å². The van der Waals surface area contributed by atoms with E-state index in [1.54, 1.807) is 30.9 Å². The molecule has 0 saturated carbocycles. The first kappa shape index (κ1) is 43.1. The number of aromatic nitrogens is 2. The molecule has 1 aliphatic carbocycles. The Balaban J connectivity index is 0.00000310. The number of aryl methyl sites for hydroxylation is 2. The molecule has 12 heteroatoms. The third kappa shape index (κ3) is 10.3. The lowest BCUT2D eigenvalue weighted by atomic mass is 9.74. The van der Waals surface area contributed by atoms with Crippen LogP contribution in [-0.2, 0) is 38.6 Å². The Morgan fingerprint density at radius 3 is 1.98 bits per heavy atom. The molecule has 300 valence electrons. The molecule has 0 radical (unpaired) electrons. The molecule has 2 aliphatic rings. The quantitative estimate of drug-likeness (QED) is 0.126. The summed E-state index contributed by atoms with van der Waals surface area (Å²) in [4.78, 5) is 47.4. The molecule has 1 aromatic heterocycles. The third-order valence-electron chi connectivity index (χ3n) is 10.9. The van der Waals surface area contributed by atoms with Crippen LogP contribution < -0.4 is 16.4 Å². The second kappa shape index (κ2) is 19.4. The molecule has 1 aliphatic heterocycles. The van der Waals surface area contributed by atoms with Gasteiger partial charge in [-0.15, -0.1) is 24.8 Å². The van der Waals surface area contributed by atoms with E-state index in [9.17, 15) is 14.4 Å². The molecule has 1 saturated heterocycles. The number of fused-ring (bicyclic) bond motifs is 2. The first-order valence-electron chi connectivity index (χ1n) is 19.2. The summed E-state index contributed by atoms with van der Waals surface area (Å²) >= 11 is 0. The molecule has 2 heterocycles. The van der Waals surface area contributed by atoms with Gasteiger partial charge in [-0.2, -0.15) is 0 Å². The van der Waals surface area contributed by atoms with Crippen LogP contribution in [0.4, 0.5) is 5.82 Å². The lowest BCUT2D eigenvalue weighted by molar-refractivity contribution is -0.135. The number of likely N-dealkylation sites (tertiary alicyclic amines) is 1. The number of nitrogens with one attached hydrogen (secondary N) is 2. The molecule has 1 fully saturated rings. The molecular formula is C45H52Cl2N6O4. The molecule has 2 atom stereocenters. The average molecular weight is 812 g/mol. The van der Waals surface area contributed by atoms with Crippen molar-refractivity contribution in [3.05, 3.63) is 155 Å². The number of nitrogens with zero attached hydrogens (tertiary/aromatic N) is 3. The van der Waals surface area contributed by atoms with Crippen molar-refractivity contribution in [3.8, 4) is 0 Å². The van der Waals surface area contributed by atoms with E-state index in [1.807, 2.05) is 65.6 Å². The maximum Gasteiger partial charge on any atom is 0.250 e. The zero-order valence-corrected chi connectivity index (χ0v) is 34.0. The number of hydrogen-bond acceptors (Lipinski definition) is 6. The van der Waals surface area contributed by atoms with Gasteiger partial charge in [0.05, 0.1) is 25.1 Å². The van der Waals surface area contributed by atoms with E-state index in [1.165, 1.54) is 22.3 Å². The number of piperidine rings is 1. The summed E-state index contributed by atoms with van der Waals surface area (Å²) < 4.78 is 7.60. The highest BCUT2D eigenvalue weighted by Crippen LogP contribution is 2.43. The average Bonchev–Trinajstić information content (AvgIpc) is 3.58. The first-order chi connectivity index (χ1) is 26.7. The lowest BCUT2D eigenvalue weighted by Gasteiger charge is -2.38. The van der Waals surface area contributed by atoms with Crippen LogP contribution in [0, 0.1) is 5.92 Å². The van der Waals surface area contributed by atoms with E-state index in [0.29, 0.717) is 24.9 Å². The Morgan fingerprint density at radius 1 is 0.825 bits per heavy atom. The Kier molecular flexibility index (Phi) is 14.7. The van der Waals surface area contributed by atoms with Crippen molar-refractivity contribution in [2.75, 3.05) is 25.0 Å². The number of benzene rings is 4. The highest BCUT2D eigenvalue weighted by molar-refractivity contribution is 5.98. The van der Waals surface area contributed by atoms with E-state index in [2.05, 4.69) is 64.1 Å². The molecule has 1 unspecified atom stereocenters. The number of ether oxygens (including phenoxy) is 1. The fraction of sp³-hybridized carbons (Fsp3) is 0.333. The molecule has 10 nitrogen and oxygen atoms in total. The van der Waals surface area contributed by atoms with Crippen molar-refractivity contribution >= 4 is 48.4 Å². The Labute approximate surface area is 347 Å². The monoisotopic (exact) mass is 810 g/mol. The first-order valence-corrected chi connectivity index (χ1v) is 19.2. The van der Waals surface area contributed by atoms with E-state index in [-0.39, 0.29) is 49.8 Å². The highest BCUT2D eigenvalue weighted by Gasteiger charge is 2.36. The zero-order chi connectivity index (χ0) is 38.4. The predicted molar refractivity (Wildman–Crippen MR) is 228 cm³/mol. The number of amides is 3. The van der Waals surface area contributed by atoms with Gasteiger partial charge in [-0.3, -0.25) is 14.4 Å². The van der Waals surface area contributed by atoms with Gasteiger partial charge in [-0.25, -0.2) is 4.98 Å². The zero-order valence-electron chi connectivity index (χ0n) is 32.4. The summed E-state index contributed by atoms with van der Waals surface area (Å²) in [5.74, 6) is -0.0758. The molecule has 7 rings (SSSR count). The molecule has 0 spiro atoms. The maximum absolute atomic E-state index is 14.5. The number of hydrogen-bond donors (Lipinski definition) is 3. The molecule has 57 heavy (non-hydrogen) atoms. The van der Waals surface area contributed by atoms with Crippen LogP contribution in [0.25, 0.3) is 0 Å². The number of carbonyl (C=O) groups excluding carboxylic acids is 3. The van der Waals surface area contributed by atoms with Gasteiger partial charge in [-0.05, 0) is 78.8 Å². The topological polar surface area (TPSA) is 132 Å². The summed E-state index contributed by atoms with van der Waals surface area (Å²) in [5, 5.41) is 5.55. The Bertz CT molecular complexity index is 2050. The van der Waals surface area contributed by atoms with Crippen molar-refractivity contribution in [1.82, 2.24) is 19.8 Å². The number of anilines is 1. The number of halogens is 2. The number of nitrogens with two attached hydrogens (primary N) is 1. The summed E-state index contributed by atoms with van der Waals surface area (Å²) in [6.07, 6.45) is 7.10. The van der Waals surface area contributed by atoms with Crippen molar-refractivity contribution < 1.29 is 19.1 Å². The largest absolute Gasteiger partial charge is 0.374 e. The summed E-state index contributed by atoms with van der Waals surface area (Å²) in [5.41, 5.74) is 12.3. The molecule has 4 aromatic carbocycles. The highest BCUT2D eigenvalue weighted by atomic mass is 35.5. The normalized spacial score (nSPS) is 15.4. The Hall–Kier alpha value is -5.00. The summed E-state index contributed by atoms with van der Waals surface area (Å²) in [6, 6.07) is 35.2. The summed E-state index contributed by atoms with van der Waals surface area (Å²) in [7, 11) is 0. The second-order valence-corrected chi connectivity index (χ2v) is 15.3. The number of imidazole rings is 1. The van der Waals surface area contributed by atoms with Gasteiger partial charge < -0.3 is 30.6 Å². The standard InChI is InChI=1S/C45H50N6O4.2ClH/c1-45(2,46)44(54)48-38(29-55-28-31-13-5-3-6-14-31)42(52)49-39-27-51(30-47-39)41(35-17-7-4-8-18-35)43(53)50-25-23-34(24-26-50)40-36-19-11-9-15-32(36)21-22-33-16-10-12-20-37(33)40;;/h3-20,27,30,34,38,40-41H,21-26,28-29,46H2,1-2H3,(H,48,54)(H,49,52);2*1H/t38-,41?;;/m1../s1. The lowest BCUT2D eigenvalue weighted by Crippen LogP contribution is -2.56. The number of carbonyl (C=O) groups is 3. The Morgan fingerprint density at radius 2 is 1.39 bits per heavy atom. The van der Waals surface area contributed by atoms with Gasteiger partial charge >= 0.3 is 0 Å². The van der Waals surface area contributed by atoms with Crippen molar-refractivity contribution in [2.24, 2.45) is 11.7 Å². The van der Waals surface area contributed by atoms with Crippen LogP contribution in [0.2, 0.25) is 0 Å². The van der Waals surface area contributed by atoms with Crippen molar-refractivity contribution in [3.63, 3.8) is 0 Å². The molecule has 4 N–H and O–H groups in total. The van der Waals surface area contributed by atoms with Gasteiger partial charge in [0, 0.05) is 25.2 Å². The van der Waals surface area contributed by atoms with Gasteiger partial charge in [0.1, 0.15) is 12.1 Å². The van der Waals surface area contributed by atoms with Crippen molar-refractivity contribution in [2.45, 2.75) is 69.7 Å². The van der Waals surface area contributed by atoms with Gasteiger partial charge in [0.25, 0.3) is 5.91 Å². The van der Waals surface area contributed by atoms with Gasteiger partial charge in [0.2, 0.25) is 11.8 Å². The minimum absolute atomic E-state index is 0. The van der Waals surface area contributed by atoms with Gasteiger partial charge in [0.15, 0.2) is 5.82 Å². The SMILES string of the molecule is CC(C)(N)C(=O)N[C@H](COCc1ccccc1)C(=O)Nc1cn(C(C(=O)N2CCC(C3c4ccccc4CCc4ccccc43)CC2)c2ccccc2)cn1.Cl.Cl. The molecule has 5 aromatic rings. The van der Waals surface area contributed by atoms with Gasteiger partial charge in [-0.1, -0.05) is 109 Å². The minimum atomic E-state index is -1.21. The smallest absolute Gasteiger partial charge is 0.250 e. The number of rotatable bonds is 12. The van der Waals surface area contributed by atoms with Crippen LogP contribution in [0.5, 0.6) is 0 Å². The minimum Gasteiger partial charge on any atom is -0.374 e. The van der Waals surface area contributed by atoms with Crippen LogP contribution in [-0.4, -0.2) is 63.4 Å². The summed E-state index contributed by atoms with van der Waals surface area (Å²) in [6.45, 7) is 4.62. The second-order valence-electron chi connectivity index (χ2n) is 15.3. The fourth-order valence-electron chi connectivity index (χ4n) is 7.93. The third-order valence-corrected chi connectivity index (χ3v) is 10.9. The van der Waals surface area contributed by atoms with Crippen LogP contribution in [0.1, 0.15) is 72.0 Å². The van der Waals surface area contributed by atoms with Crippen LogP contribution >= 0.6 is 24.8 Å². The molecule has 3 amide bonds. The van der Waals surface area contributed by atoms with E-state index < -0.39 is 29.4 Å². The van der Waals surface area contributed by atoms with E-state index in [0.717, 1.165) is 36.8 Å². The van der Waals surface area contributed by atoms with E-state index in [4.69, 9.17) is 10.5 Å². The predicted octanol–water partition coefficient (Wildman–Crippen LogP) is 6.86. The maximum atomic E-state index is 14.5. The molecular weight excluding hydrogens is 759 g/mol.